The molecule has 1 aromatic carbocycles. The van der Waals surface area contributed by atoms with Crippen LogP contribution in [0.2, 0.25) is 0 Å². The fraction of sp³-hybridized carbons (Fsp3) is 0.500. The molecule has 0 amide bonds. The van der Waals surface area contributed by atoms with Crippen LogP contribution in [-0.4, -0.2) is 11.1 Å². The van der Waals surface area contributed by atoms with Crippen molar-refractivity contribution in [2.24, 2.45) is 0 Å². The zero-order chi connectivity index (χ0) is 12.0. The van der Waals surface area contributed by atoms with Crippen LogP contribution in [0.5, 0.6) is 0 Å². The van der Waals surface area contributed by atoms with E-state index >= 15 is 0 Å². The Morgan fingerprint density at radius 1 is 1.31 bits per heavy atom. The van der Waals surface area contributed by atoms with E-state index in [-0.39, 0.29) is 5.78 Å². The van der Waals surface area contributed by atoms with E-state index < -0.39 is 0 Å². The molecule has 0 bridgehead atoms. The second-order valence-corrected chi connectivity index (χ2v) is 5.14. The summed E-state index contributed by atoms with van der Waals surface area (Å²) in [6, 6.07) is 8.01. The number of rotatable bonds is 6. The summed E-state index contributed by atoms with van der Waals surface area (Å²) in [7, 11) is 0. The zero-order valence-corrected chi connectivity index (χ0v) is 11.6. The molecule has 0 aliphatic heterocycles. The molecule has 0 aliphatic carbocycles. The number of alkyl halides is 1. The normalized spacial score (nSPS) is 10.8. The third kappa shape index (κ3) is 4.09. The summed E-state index contributed by atoms with van der Waals surface area (Å²) < 4.78 is 0. The van der Waals surface area contributed by atoms with Crippen LogP contribution >= 0.6 is 15.9 Å². The summed E-state index contributed by atoms with van der Waals surface area (Å²) in [5, 5.41) is 0.978. The summed E-state index contributed by atoms with van der Waals surface area (Å²) in [5.74, 6) is 0.749. The minimum absolute atomic E-state index is 0.267. The molecule has 0 radical (unpaired) electrons. The lowest BCUT2D eigenvalue weighted by atomic mass is 9.98. The van der Waals surface area contributed by atoms with Gasteiger partial charge in [-0.2, -0.15) is 0 Å². The van der Waals surface area contributed by atoms with Crippen LogP contribution in [0.1, 0.15) is 54.9 Å². The highest BCUT2D eigenvalue weighted by Gasteiger charge is 2.07. The Bertz CT molecular complexity index is 344. The monoisotopic (exact) mass is 282 g/mol. The van der Waals surface area contributed by atoms with Crippen molar-refractivity contribution in [1.82, 2.24) is 0 Å². The van der Waals surface area contributed by atoms with Crippen molar-refractivity contribution in [3.05, 3.63) is 35.4 Å². The van der Waals surface area contributed by atoms with Crippen LogP contribution in [0, 0.1) is 0 Å². The van der Waals surface area contributed by atoms with Crippen molar-refractivity contribution in [1.29, 1.82) is 0 Å². The predicted octanol–water partition coefficient (Wildman–Crippen LogP) is 4.56. The van der Waals surface area contributed by atoms with E-state index in [0.29, 0.717) is 12.3 Å². The predicted molar refractivity (Wildman–Crippen MR) is 72.5 cm³/mol. The van der Waals surface area contributed by atoms with Crippen molar-refractivity contribution in [2.45, 2.75) is 39.0 Å². The van der Waals surface area contributed by atoms with Gasteiger partial charge in [-0.05, 0) is 30.4 Å². The first kappa shape index (κ1) is 13.4. The molecule has 0 atom stereocenters. The van der Waals surface area contributed by atoms with Gasteiger partial charge < -0.3 is 0 Å². The zero-order valence-electron chi connectivity index (χ0n) is 10.0. The molecule has 2 heteroatoms. The van der Waals surface area contributed by atoms with Gasteiger partial charge in [-0.15, -0.1) is 0 Å². The van der Waals surface area contributed by atoms with Gasteiger partial charge in [0.05, 0.1) is 0 Å². The van der Waals surface area contributed by atoms with Crippen LogP contribution in [-0.2, 0) is 0 Å². The van der Waals surface area contributed by atoms with Gasteiger partial charge in [0.2, 0.25) is 0 Å². The lowest BCUT2D eigenvalue weighted by molar-refractivity contribution is 0.0980. The van der Waals surface area contributed by atoms with Crippen LogP contribution < -0.4 is 0 Å². The maximum atomic E-state index is 11.9. The van der Waals surface area contributed by atoms with E-state index in [1.807, 2.05) is 18.2 Å². The molecule has 88 valence electrons. The molecule has 0 heterocycles. The van der Waals surface area contributed by atoms with Gasteiger partial charge in [0.1, 0.15) is 0 Å². The molecule has 0 aliphatic rings. The van der Waals surface area contributed by atoms with Gasteiger partial charge in [-0.3, -0.25) is 4.79 Å². The smallest absolute Gasteiger partial charge is 0.162 e. The number of benzene rings is 1. The Labute approximate surface area is 106 Å². The average molecular weight is 283 g/mol. The number of hydrogen-bond donors (Lipinski definition) is 0. The number of carbonyl (C=O) groups is 1. The highest BCUT2D eigenvalue weighted by Crippen LogP contribution is 2.17. The Balaban J connectivity index is 2.64. The van der Waals surface area contributed by atoms with Crippen LogP contribution in [0.15, 0.2) is 24.3 Å². The SMILES string of the molecule is CC(C)c1cccc(C(=O)CCCCBr)c1. The quantitative estimate of drug-likeness (QED) is 0.425. The van der Waals surface area contributed by atoms with Crippen LogP contribution in [0.3, 0.4) is 0 Å². The minimum Gasteiger partial charge on any atom is -0.294 e. The highest BCUT2D eigenvalue weighted by molar-refractivity contribution is 9.09. The summed E-state index contributed by atoms with van der Waals surface area (Å²) in [6.07, 6.45) is 2.69. The molecular weight excluding hydrogens is 264 g/mol. The molecule has 0 saturated carbocycles. The number of carbonyl (C=O) groups excluding carboxylic acids is 1. The van der Waals surface area contributed by atoms with E-state index in [1.54, 1.807) is 0 Å². The fourth-order valence-electron chi connectivity index (χ4n) is 1.60. The van der Waals surface area contributed by atoms with Gasteiger partial charge in [0.15, 0.2) is 5.78 Å². The maximum Gasteiger partial charge on any atom is 0.162 e. The molecule has 1 rings (SSSR count). The van der Waals surface area contributed by atoms with Crippen molar-refractivity contribution >= 4 is 21.7 Å². The molecule has 1 nitrogen and oxygen atoms in total. The molecular formula is C14H19BrO. The van der Waals surface area contributed by atoms with Gasteiger partial charge in [-0.25, -0.2) is 0 Å². The molecule has 0 aromatic heterocycles. The largest absolute Gasteiger partial charge is 0.294 e. The summed E-state index contributed by atoms with van der Waals surface area (Å²) in [6.45, 7) is 4.29. The summed E-state index contributed by atoms with van der Waals surface area (Å²) in [4.78, 5) is 11.9. The number of ketones is 1. The molecule has 0 spiro atoms. The van der Waals surface area contributed by atoms with E-state index in [0.717, 1.165) is 23.7 Å². The Kier molecular flexibility index (Phi) is 5.75. The molecule has 0 N–H and O–H groups in total. The standard InChI is InChI=1S/C14H19BrO/c1-11(2)12-6-5-7-13(10-12)14(16)8-3-4-9-15/h5-7,10-11H,3-4,8-9H2,1-2H3. The number of unbranched alkanes of at least 4 members (excludes halogenated alkanes) is 1. The molecule has 1 aromatic rings. The second-order valence-electron chi connectivity index (χ2n) is 4.35. The first-order valence-electron chi connectivity index (χ1n) is 5.84. The Morgan fingerprint density at radius 3 is 2.69 bits per heavy atom. The third-order valence-electron chi connectivity index (χ3n) is 2.66. The van der Waals surface area contributed by atoms with E-state index in [9.17, 15) is 4.79 Å². The van der Waals surface area contributed by atoms with Gasteiger partial charge >= 0.3 is 0 Å². The highest BCUT2D eigenvalue weighted by atomic mass is 79.9. The Morgan fingerprint density at radius 2 is 2.06 bits per heavy atom. The molecule has 0 saturated heterocycles. The molecule has 0 fully saturated rings. The third-order valence-corrected chi connectivity index (χ3v) is 3.22. The molecule has 16 heavy (non-hydrogen) atoms. The van der Waals surface area contributed by atoms with Crippen LogP contribution in [0.4, 0.5) is 0 Å². The number of hydrogen-bond acceptors (Lipinski definition) is 1. The van der Waals surface area contributed by atoms with Gasteiger partial charge in [0.25, 0.3) is 0 Å². The van der Waals surface area contributed by atoms with Gasteiger partial charge in [-0.1, -0.05) is 48.0 Å². The van der Waals surface area contributed by atoms with E-state index in [1.165, 1.54) is 5.56 Å². The topological polar surface area (TPSA) is 17.1 Å². The average Bonchev–Trinajstić information content (AvgIpc) is 2.29. The molecule has 0 unspecified atom stereocenters. The first-order valence-corrected chi connectivity index (χ1v) is 6.96. The second kappa shape index (κ2) is 6.85. The van der Waals surface area contributed by atoms with Crippen molar-refractivity contribution < 1.29 is 4.79 Å². The lowest BCUT2D eigenvalue weighted by Crippen LogP contribution is -2.00. The van der Waals surface area contributed by atoms with E-state index in [4.69, 9.17) is 0 Å². The van der Waals surface area contributed by atoms with Crippen LogP contribution in [0.25, 0.3) is 0 Å². The van der Waals surface area contributed by atoms with Crippen molar-refractivity contribution in [2.75, 3.05) is 5.33 Å². The first-order chi connectivity index (χ1) is 7.65. The fourth-order valence-corrected chi connectivity index (χ4v) is 1.99. The summed E-state index contributed by atoms with van der Waals surface area (Å²) >= 11 is 3.38. The van der Waals surface area contributed by atoms with E-state index in [2.05, 4.69) is 35.8 Å². The number of halogens is 1. The van der Waals surface area contributed by atoms with Gasteiger partial charge in [0, 0.05) is 17.3 Å². The lowest BCUT2D eigenvalue weighted by Gasteiger charge is -2.07. The maximum absolute atomic E-state index is 11.9. The Hall–Kier alpha value is -0.630. The van der Waals surface area contributed by atoms with Crippen molar-refractivity contribution in [3.8, 4) is 0 Å². The van der Waals surface area contributed by atoms with Crippen molar-refractivity contribution in [3.63, 3.8) is 0 Å². The summed E-state index contributed by atoms with van der Waals surface area (Å²) in [5.41, 5.74) is 2.10. The minimum atomic E-state index is 0.267. The number of Topliss-reactive ketones (excluding diaryl/α,β-unsaturated/α-hetero) is 1.